The molecule has 28 heavy (non-hydrogen) atoms. The normalized spacial score (nSPS) is 10.8. The van der Waals surface area contributed by atoms with E-state index < -0.39 is 0 Å². The van der Waals surface area contributed by atoms with Crippen LogP contribution in [-0.2, 0) is 16.1 Å². The van der Waals surface area contributed by atoms with E-state index in [0.717, 1.165) is 16.7 Å². The van der Waals surface area contributed by atoms with E-state index in [-0.39, 0.29) is 11.7 Å². The lowest BCUT2D eigenvalue weighted by Crippen LogP contribution is -2.34. The van der Waals surface area contributed by atoms with Gasteiger partial charge in [0, 0.05) is 25.8 Å². The van der Waals surface area contributed by atoms with Crippen LogP contribution in [0.15, 0.2) is 64.2 Å². The zero-order valence-corrected chi connectivity index (χ0v) is 16.8. The van der Waals surface area contributed by atoms with Gasteiger partial charge in [-0.1, -0.05) is 60.3 Å². The van der Waals surface area contributed by atoms with E-state index in [2.05, 4.69) is 10.2 Å². The van der Waals surface area contributed by atoms with E-state index in [4.69, 9.17) is 9.15 Å². The van der Waals surface area contributed by atoms with Crippen LogP contribution < -0.4 is 0 Å². The molecule has 146 valence electrons. The lowest BCUT2D eigenvalue weighted by atomic mass is 10.1. The van der Waals surface area contributed by atoms with E-state index >= 15 is 0 Å². The average Bonchev–Trinajstić information content (AvgIpc) is 3.19. The molecule has 2 aromatic carbocycles. The highest BCUT2D eigenvalue weighted by atomic mass is 32.2. The molecule has 0 aliphatic carbocycles. The highest BCUT2D eigenvalue weighted by molar-refractivity contribution is 7.99. The number of ether oxygens (including phenoxy) is 1. The summed E-state index contributed by atoms with van der Waals surface area (Å²) < 4.78 is 10.9. The van der Waals surface area contributed by atoms with Crippen LogP contribution in [0.4, 0.5) is 0 Å². The molecule has 3 rings (SSSR count). The van der Waals surface area contributed by atoms with Gasteiger partial charge in [-0.3, -0.25) is 4.79 Å². The van der Waals surface area contributed by atoms with Gasteiger partial charge in [0.25, 0.3) is 5.22 Å². The minimum Gasteiger partial charge on any atom is -0.411 e. The number of hydrogen-bond donors (Lipinski definition) is 0. The first-order valence-electron chi connectivity index (χ1n) is 9.00. The molecule has 0 radical (unpaired) electrons. The number of amides is 1. The van der Waals surface area contributed by atoms with Crippen LogP contribution in [-0.4, -0.2) is 47.0 Å². The van der Waals surface area contributed by atoms with E-state index in [1.807, 2.05) is 61.5 Å². The summed E-state index contributed by atoms with van der Waals surface area (Å²) in [5.74, 6) is 0.696. The van der Waals surface area contributed by atoms with Gasteiger partial charge >= 0.3 is 0 Å². The first-order valence-corrected chi connectivity index (χ1v) is 9.99. The number of methoxy groups -OCH3 is 1. The second kappa shape index (κ2) is 10.1. The van der Waals surface area contributed by atoms with Crippen LogP contribution in [0.3, 0.4) is 0 Å². The molecule has 6 nitrogen and oxygen atoms in total. The quantitative estimate of drug-likeness (QED) is 0.512. The summed E-state index contributed by atoms with van der Waals surface area (Å²) in [6, 6.07) is 17.7. The molecule has 0 aliphatic rings. The van der Waals surface area contributed by atoms with Crippen molar-refractivity contribution in [3.63, 3.8) is 0 Å². The van der Waals surface area contributed by atoms with Crippen LogP contribution in [0.1, 0.15) is 11.1 Å². The average molecular weight is 398 g/mol. The lowest BCUT2D eigenvalue weighted by molar-refractivity contribution is -0.129. The minimum absolute atomic E-state index is 0.00143. The number of carbonyl (C=O) groups excluding carboxylic acids is 1. The first kappa shape index (κ1) is 20.1. The zero-order valence-electron chi connectivity index (χ0n) is 16.0. The number of hydrogen-bond acceptors (Lipinski definition) is 6. The van der Waals surface area contributed by atoms with Gasteiger partial charge in [0.15, 0.2) is 0 Å². The smallest absolute Gasteiger partial charge is 0.277 e. The topological polar surface area (TPSA) is 68.5 Å². The summed E-state index contributed by atoms with van der Waals surface area (Å²) >= 11 is 1.25. The molecular weight excluding hydrogens is 374 g/mol. The summed E-state index contributed by atoms with van der Waals surface area (Å²) in [4.78, 5) is 14.5. The van der Waals surface area contributed by atoms with E-state index in [1.54, 1.807) is 12.0 Å². The predicted octanol–water partition coefficient (Wildman–Crippen LogP) is 3.81. The van der Waals surface area contributed by atoms with Gasteiger partial charge in [0.05, 0.1) is 12.4 Å². The Kier molecular flexibility index (Phi) is 7.22. The summed E-state index contributed by atoms with van der Waals surface area (Å²) in [5, 5.41) is 8.55. The molecule has 0 saturated heterocycles. The highest BCUT2D eigenvalue weighted by Crippen LogP contribution is 2.25. The van der Waals surface area contributed by atoms with E-state index in [9.17, 15) is 4.79 Å². The Morgan fingerprint density at radius 3 is 2.61 bits per heavy atom. The van der Waals surface area contributed by atoms with Crippen molar-refractivity contribution in [2.75, 3.05) is 26.0 Å². The number of nitrogens with zero attached hydrogens (tertiary/aromatic N) is 3. The molecular formula is C21H23N3O3S. The predicted molar refractivity (Wildman–Crippen MR) is 109 cm³/mol. The first-order chi connectivity index (χ1) is 13.7. The SMILES string of the molecule is COCCN(Cc1ccccc1)C(=O)CSc1nnc(-c2ccccc2C)o1. The second-order valence-corrected chi connectivity index (χ2v) is 7.20. The van der Waals surface area contributed by atoms with Gasteiger partial charge in [-0.15, -0.1) is 10.2 Å². The van der Waals surface area contributed by atoms with Crippen LogP contribution in [0.25, 0.3) is 11.5 Å². The number of benzene rings is 2. The molecule has 0 fully saturated rings. The maximum Gasteiger partial charge on any atom is 0.277 e. The molecule has 0 aliphatic heterocycles. The van der Waals surface area contributed by atoms with Crippen molar-refractivity contribution in [2.45, 2.75) is 18.7 Å². The Labute approximate surface area is 168 Å². The fourth-order valence-electron chi connectivity index (χ4n) is 2.70. The summed E-state index contributed by atoms with van der Waals surface area (Å²) in [6.45, 7) is 3.55. The Bertz CT molecular complexity index is 899. The van der Waals surface area contributed by atoms with Gasteiger partial charge in [-0.25, -0.2) is 0 Å². The van der Waals surface area contributed by atoms with E-state index in [1.165, 1.54) is 11.8 Å². The van der Waals surface area contributed by atoms with Crippen molar-refractivity contribution < 1.29 is 13.9 Å². The Balaban J connectivity index is 1.61. The van der Waals surface area contributed by atoms with Crippen LogP contribution in [0.2, 0.25) is 0 Å². The third-order valence-corrected chi connectivity index (χ3v) is 5.04. The molecule has 1 aromatic heterocycles. The maximum absolute atomic E-state index is 12.7. The molecule has 0 spiro atoms. The minimum atomic E-state index is 0.00143. The molecule has 1 heterocycles. The van der Waals surface area contributed by atoms with Gasteiger partial charge < -0.3 is 14.1 Å². The van der Waals surface area contributed by atoms with Gasteiger partial charge in [0.2, 0.25) is 11.8 Å². The summed E-state index contributed by atoms with van der Waals surface area (Å²) in [6.07, 6.45) is 0. The maximum atomic E-state index is 12.7. The molecule has 1 amide bonds. The summed E-state index contributed by atoms with van der Waals surface area (Å²) in [7, 11) is 1.63. The Hall–Kier alpha value is -2.64. The number of aryl methyl sites for hydroxylation is 1. The number of thioether (sulfide) groups is 1. The van der Waals surface area contributed by atoms with Crippen molar-refractivity contribution in [1.29, 1.82) is 0 Å². The van der Waals surface area contributed by atoms with E-state index in [0.29, 0.717) is 30.8 Å². The standard InChI is InChI=1S/C21H23N3O3S/c1-16-8-6-7-11-18(16)20-22-23-21(27-20)28-15-19(25)24(12-13-26-2)14-17-9-4-3-5-10-17/h3-11H,12-15H2,1-2H3. The van der Waals surface area contributed by atoms with Crippen molar-refractivity contribution in [2.24, 2.45) is 0 Å². The molecule has 0 bridgehead atoms. The number of carbonyl (C=O) groups is 1. The third kappa shape index (κ3) is 5.43. The number of rotatable bonds is 9. The Morgan fingerprint density at radius 2 is 1.86 bits per heavy atom. The van der Waals surface area contributed by atoms with Crippen LogP contribution in [0.5, 0.6) is 0 Å². The van der Waals surface area contributed by atoms with Crippen molar-refractivity contribution in [3.8, 4) is 11.5 Å². The van der Waals surface area contributed by atoms with Crippen LogP contribution >= 0.6 is 11.8 Å². The monoisotopic (exact) mass is 397 g/mol. The van der Waals surface area contributed by atoms with Crippen LogP contribution in [0, 0.1) is 6.92 Å². The van der Waals surface area contributed by atoms with Gasteiger partial charge in [-0.2, -0.15) is 0 Å². The van der Waals surface area contributed by atoms with Gasteiger partial charge in [0.1, 0.15) is 0 Å². The number of aromatic nitrogens is 2. The molecule has 0 atom stereocenters. The zero-order chi connectivity index (χ0) is 19.8. The largest absolute Gasteiger partial charge is 0.411 e. The fraction of sp³-hybridized carbons (Fsp3) is 0.286. The second-order valence-electron chi connectivity index (χ2n) is 6.27. The molecule has 0 unspecified atom stereocenters. The highest BCUT2D eigenvalue weighted by Gasteiger charge is 2.17. The molecule has 0 N–H and O–H groups in total. The molecule has 7 heteroatoms. The fourth-order valence-corrected chi connectivity index (χ4v) is 3.37. The molecule has 3 aromatic rings. The summed E-state index contributed by atoms with van der Waals surface area (Å²) in [5.41, 5.74) is 3.04. The van der Waals surface area contributed by atoms with Gasteiger partial charge in [-0.05, 0) is 24.1 Å². The molecule has 0 saturated carbocycles. The third-order valence-electron chi connectivity index (χ3n) is 4.24. The Morgan fingerprint density at radius 1 is 1.11 bits per heavy atom. The van der Waals surface area contributed by atoms with Crippen molar-refractivity contribution >= 4 is 17.7 Å². The van der Waals surface area contributed by atoms with Crippen molar-refractivity contribution in [3.05, 3.63) is 65.7 Å². The van der Waals surface area contributed by atoms with Crippen molar-refractivity contribution in [1.82, 2.24) is 15.1 Å². The lowest BCUT2D eigenvalue weighted by Gasteiger charge is -2.22.